The van der Waals surface area contributed by atoms with E-state index in [2.05, 4.69) is 29.3 Å². The highest BCUT2D eigenvalue weighted by molar-refractivity contribution is 5.81. The molecule has 4 rings (SSSR count). The van der Waals surface area contributed by atoms with Gasteiger partial charge in [0.15, 0.2) is 0 Å². The Bertz CT molecular complexity index is 1260. The number of rotatable bonds is 5. The standard InChI is InChI=1S/C27H23N3O/c1-18-8-9-19(2)23(14-18)26-15-24(25(16-28)27(29)30-26)21-10-12-22(13-11-21)31-17-20-6-4-3-5-7-20/h3-15H,17H2,1-2H3,(H2,29,30). The first-order chi connectivity index (χ1) is 15.0. The summed E-state index contributed by atoms with van der Waals surface area (Å²) in [6, 6.07) is 28.1. The van der Waals surface area contributed by atoms with E-state index in [9.17, 15) is 5.26 Å². The van der Waals surface area contributed by atoms with Gasteiger partial charge in [0.2, 0.25) is 0 Å². The van der Waals surface area contributed by atoms with Crippen molar-refractivity contribution in [2.75, 3.05) is 5.73 Å². The van der Waals surface area contributed by atoms with E-state index < -0.39 is 0 Å². The van der Waals surface area contributed by atoms with Crippen molar-refractivity contribution in [1.82, 2.24) is 4.98 Å². The molecule has 0 aliphatic carbocycles. The topological polar surface area (TPSA) is 71.9 Å². The number of aromatic nitrogens is 1. The molecule has 0 saturated heterocycles. The summed E-state index contributed by atoms with van der Waals surface area (Å²) in [6.45, 7) is 4.59. The first-order valence-corrected chi connectivity index (χ1v) is 10.1. The Morgan fingerprint density at radius 2 is 1.65 bits per heavy atom. The molecule has 2 N–H and O–H groups in total. The summed E-state index contributed by atoms with van der Waals surface area (Å²) in [5.74, 6) is 1.00. The van der Waals surface area contributed by atoms with Gasteiger partial charge in [-0.05, 0) is 54.8 Å². The van der Waals surface area contributed by atoms with E-state index in [-0.39, 0.29) is 5.82 Å². The fraction of sp³-hybridized carbons (Fsp3) is 0.111. The van der Waals surface area contributed by atoms with Crippen LogP contribution in [0.5, 0.6) is 5.75 Å². The minimum Gasteiger partial charge on any atom is -0.489 e. The average Bonchev–Trinajstić information content (AvgIpc) is 2.80. The zero-order valence-corrected chi connectivity index (χ0v) is 17.6. The van der Waals surface area contributed by atoms with Gasteiger partial charge in [-0.1, -0.05) is 60.2 Å². The molecule has 1 aromatic heterocycles. The molecule has 0 bridgehead atoms. The minimum atomic E-state index is 0.236. The molecular formula is C27H23N3O. The van der Waals surface area contributed by atoms with E-state index in [1.165, 1.54) is 0 Å². The van der Waals surface area contributed by atoms with Gasteiger partial charge in [0.25, 0.3) is 0 Å². The van der Waals surface area contributed by atoms with E-state index in [1.54, 1.807) is 0 Å². The summed E-state index contributed by atoms with van der Waals surface area (Å²) in [4.78, 5) is 4.51. The van der Waals surface area contributed by atoms with Gasteiger partial charge in [-0.3, -0.25) is 0 Å². The molecule has 0 spiro atoms. The quantitative estimate of drug-likeness (QED) is 0.438. The number of benzene rings is 3. The second kappa shape index (κ2) is 8.73. The third kappa shape index (κ3) is 4.41. The highest BCUT2D eigenvalue weighted by Gasteiger charge is 2.15. The first kappa shape index (κ1) is 20.2. The molecule has 4 heteroatoms. The summed E-state index contributed by atoms with van der Waals surface area (Å²) in [7, 11) is 0. The van der Waals surface area contributed by atoms with E-state index in [4.69, 9.17) is 10.5 Å². The molecular weight excluding hydrogens is 382 g/mol. The molecule has 3 aromatic carbocycles. The maximum Gasteiger partial charge on any atom is 0.142 e. The maximum atomic E-state index is 9.69. The molecule has 152 valence electrons. The molecule has 0 fully saturated rings. The van der Waals surface area contributed by atoms with Crippen LogP contribution in [0, 0.1) is 25.2 Å². The van der Waals surface area contributed by atoms with Crippen LogP contribution in [0.4, 0.5) is 5.82 Å². The van der Waals surface area contributed by atoms with E-state index >= 15 is 0 Å². The molecule has 0 unspecified atom stereocenters. The van der Waals surface area contributed by atoms with Gasteiger partial charge in [-0.25, -0.2) is 4.98 Å². The number of hydrogen-bond acceptors (Lipinski definition) is 4. The van der Waals surface area contributed by atoms with Gasteiger partial charge >= 0.3 is 0 Å². The Kier molecular flexibility index (Phi) is 5.68. The molecule has 0 saturated carbocycles. The molecule has 4 aromatic rings. The highest BCUT2D eigenvalue weighted by Crippen LogP contribution is 2.33. The number of pyridine rings is 1. The van der Waals surface area contributed by atoms with Crippen molar-refractivity contribution >= 4 is 5.82 Å². The average molecular weight is 406 g/mol. The van der Waals surface area contributed by atoms with Gasteiger partial charge in [-0.15, -0.1) is 0 Å². The van der Waals surface area contributed by atoms with Crippen LogP contribution in [0.25, 0.3) is 22.4 Å². The zero-order chi connectivity index (χ0) is 21.8. The predicted molar refractivity (Wildman–Crippen MR) is 124 cm³/mol. The third-order valence-corrected chi connectivity index (χ3v) is 5.24. The number of ether oxygens (including phenoxy) is 1. The normalized spacial score (nSPS) is 10.5. The fourth-order valence-electron chi connectivity index (χ4n) is 3.53. The monoisotopic (exact) mass is 405 g/mol. The molecule has 0 aliphatic rings. The summed E-state index contributed by atoms with van der Waals surface area (Å²) < 4.78 is 5.88. The largest absolute Gasteiger partial charge is 0.489 e. The van der Waals surface area contributed by atoms with Crippen LogP contribution < -0.4 is 10.5 Å². The Morgan fingerprint density at radius 1 is 0.903 bits per heavy atom. The number of hydrogen-bond donors (Lipinski definition) is 1. The van der Waals surface area contributed by atoms with Gasteiger partial charge in [-0.2, -0.15) is 5.26 Å². The molecule has 0 atom stereocenters. The summed E-state index contributed by atoms with van der Waals surface area (Å²) >= 11 is 0. The lowest BCUT2D eigenvalue weighted by Gasteiger charge is -2.13. The summed E-state index contributed by atoms with van der Waals surface area (Å²) in [6.07, 6.45) is 0. The van der Waals surface area contributed by atoms with Crippen molar-refractivity contribution in [1.29, 1.82) is 5.26 Å². The Morgan fingerprint density at radius 3 is 2.35 bits per heavy atom. The number of nitrogens with zero attached hydrogens (tertiary/aromatic N) is 2. The number of nitrogen functional groups attached to an aromatic ring is 1. The fourth-order valence-corrected chi connectivity index (χ4v) is 3.53. The van der Waals surface area contributed by atoms with Gasteiger partial charge < -0.3 is 10.5 Å². The molecule has 0 radical (unpaired) electrons. The van der Waals surface area contributed by atoms with Crippen LogP contribution in [-0.4, -0.2) is 4.98 Å². The molecule has 1 heterocycles. The molecule has 4 nitrogen and oxygen atoms in total. The predicted octanol–water partition coefficient (Wildman–Crippen LogP) is 6.07. The lowest BCUT2D eigenvalue weighted by atomic mass is 9.96. The SMILES string of the molecule is Cc1ccc(C)c(-c2cc(-c3ccc(OCc4ccccc4)cc3)c(C#N)c(N)n2)c1. The van der Waals surface area contributed by atoms with E-state index in [0.29, 0.717) is 12.2 Å². The van der Waals surface area contributed by atoms with Crippen molar-refractivity contribution in [3.63, 3.8) is 0 Å². The second-order valence-corrected chi connectivity index (χ2v) is 7.54. The van der Waals surface area contributed by atoms with Crippen molar-refractivity contribution < 1.29 is 4.74 Å². The van der Waals surface area contributed by atoms with Crippen molar-refractivity contribution in [2.24, 2.45) is 0 Å². The third-order valence-electron chi connectivity index (χ3n) is 5.24. The number of aryl methyl sites for hydroxylation is 2. The summed E-state index contributed by atoms with van der Waals surface area (Å²) in [5, 5.41) is 9.69. The minimum absolute atomic E-state index is 0.236. The number of anilines is 1. The number of nitriles is 1. The highest BCUT2D eigenvalue weighted by atomic mass is 16.5. The lowest BCUT2D eigenvalue weighted by Crippen LogP contribution is -2.01. The Hall–Kier alpha value is -4.10. The Labute approximate surface area is 182 Å². The first-order valence-electron chi connectivity index (χ1n) is 10.1. The molecule has 0 amide bonds. The molecule has 31 heavy (non-hydrogen) atoms. The van der Waals surface area contributed by atoms with Gasteiger partial charge in [0.05, 0.1) is 5.69 Å². The smallest absolute Gasteiger partial charge is 0.142 e. The summed E-state index contributed by atoms with van der Waals surface area (Å²) in [5.41, 5.74) is 13.4. The van der Waals surface area contributed by atoms with Crippen molar-refractivity contribution in [2.45, 2.75) is 20.5 Å². The van der Waals surface area contributed by atoms with Crippen LogP contribution in [0.1, 0.15) is 22.3 Å². The van der Waals surface area contributed by atoms with Gasteiger partial charge in [0, 0.05) is 11.1 Å². The number of nitrogens with two attached hydrogens (primary N) is 1. The van der Waals surface area contributed by atoms with Crippen LogP contribution in [-0.2, 0) is 6.61 Å². The lowest BCUT2D eigenvalue weighted by molar-refractivity contribution is 0.306. The maximum absolute atomic E-state index is 9.69. The van der Waals surface area contributed by atoms with E-state index in [1.807, 2.05) is 74.5 Å². The van der Waals surface area contributed by atoms with E-state index in [0.717, 1.165) is 44.8 Å². The second-order valence-electron chi connectivity index (χ2n) is 7.54. The Balaban J connectivity index is 1.67. The van der Waals surface area contributed by atoms with Crippen molar-refractivity contribution in [3.05, 3.63) is 101 Å². The molecule has 0 aliphatic heterocycles. The van der Waals surface area contributed by atoms with Crippen LogP contribution in [0.3, 0.4) is 0 Å². The van der Waals surface area contributed by atoms with Crippen LogP contribution in [0.2, 0.25) is 0 Å². The van der Waals surface area contributed by atoms with Crippen molar-refractivity contribution in [3.8, 4) is 34.2 Å². The van der Waals surface area contributed by atoms with Crippen LogP contribution in [0.15, 0.2) is 78.9 Å². The van der Waals surface area contributed by atoms with Gasteiger partial charge in [0.1, 0.15) is 29.8 Å². The zero-order valence-electron chi connectivity index (χ0n) is 17.6. The van der Waals surface area contributed by atoms with Crippen LogP contribution >= 0.6 is 0 Å².